The van der Waals surface area contributed by atoms with Crippen molar-refractivity contribution in [3.8, 4) is 11.3 Å². The molecular weight excluding hydrogens is 326 g/mol. The first-order valence-corrected chi connectivity index (χ1v) is 9.11. The van der Waals surface area contributed by atoms with E-state index in [4.69, 9.17) is 15.7 Å². The summed E-state index contributed by atoms with van der Waals surface area (Å²) in [6.07, 6.45) is 4.56. The van der Waals surface area contributed by atoms with Crippen molar-refractivity contribution >= 4 is 22.5 Å². The van der Waals surface area contributed by atoms with E-state index in [1.165, 1.54) is 5.56 Å². The van der Waals surface area contributed by atoms with E-state index >= 15 is 0 Å². The fraction of sp³-hybridized carbons (Fsp3) is 0.350. The van der Waals surface area contributed by atoms with Gasteiger partial charge >= 0.3 is 0 Å². The molecule has 0 spiro atoms. The number of anilines is 2. The van der Waals surface area contributed by atoms with Crippen LogP contribution >= 0.6 is 0 Å². The molecule has 1 fully saturated rings. The number of nitrogen functional groups attached to an aromatic ring is 1. The second kappa shape index (κ2) is 5.64. The molecule has 0 amide bonds. The zero-order valence-electron chi connectivity index (χ0n) is 14.7. The van der Waals surface area contributed by atoms with Gasteiger partial charge in [0.1, 0.15) is 5.82 Å². The van der Waals surface area contributed by atoms with E-state index in [0.717, 1.165) is 52.9 Å². The van der Waals surface area contributed by atoms with Crippen LogP contribution in [0.2, 0.25) is 0 Å². The SMILES string of the molecule is C[C@H]1[C@H](O)CN1c1nc2c(c(-c3ccc4c(N)nccc4c3)n1)CCC2. The Kier molecular flexibility index (Phi) is 3.37. The standard InChI is InChI=1S/C20H21N5O/c1-11-17(26)10-25(11)20-23-16-4-2-3-15(16)18(24-20)13-5-6-14-12(9-13)7-8-22-19(14)21/h5-9,11,17,26H,2-4,10H2,1H3,(H2,21,22)/t11-,17+/m0/s1. The first-order chi connectivity index (χ1) is 12.6. The van der Waals surface area contributed by atoms with E-state index in [1.807, 2.05) is 19.1 Å². The number of pyridine rings is 1. The quantitative estimate of drug-likeness (QED) is 0.740. The number of rotatable bonds is 2. The summed E-state index contributed by atoms with van der Waals surface area (Å²) >= 11 is 0. The molecule has 2 atom stereocenters. The molecule has 26 heavy (non-hydrogen) atoms. The fourth-order valence-electron chi connectivity index (χ4n) is 3.99. The third kappa shape index (κ3) is 2.25. The Morgan fingerprint density at radius 2 is 2.08 bits per heavy atom. The topological polar surface area (TPSA) is 88.2 Å². The summed E-state index contributed by atoms with van der Waals surface area (Å²) in [4.78, 5) is 15.9. The summed E-state index contributed by atoms with van der Waals surface area (Å²) in [5, 5.41) is 11.9. The predicted octanol–water partition coefficient (Wildman–Crippen LogP) is 2.33. The summed E-state index contributed by atoms with van der Waals surface area (Å²) in [5.41, 5.74) is 10.5. The van der Waals surface area contributed by atoms with Crippen molar-refractivity contribution in [2.45, 2.75) is 38.3 Å². The van der Waals surface area contributed by atoms with Crippen LogP contribution in [0.3, 0.4) is 0 Å². The number of hydrogen-bond acceptors (Lipinski definition) is 6. The molecule has 0 unspecified atom stereocenters. The molecule has 1 aliphatic carbocycles. The predicted molar refractivity (Wildman–Crippen MR) is 102 cm³/mol. The lowest BCUT2D eigenvalue weighted by atomic mass is 10.0. The van der Waals surface area contributed by atoms with E-state index in [-0.39, 0.29) is 12.1 Å². The van der Waals surface area contributed by atoms with Gasteiger partial charge in [-0.3, -0.25) is 0 Å². The van der Waals surface area contributed by atoms with Crippen LogP contribution < -0.4 is 10.6 Å². The van der Waals surface area contributed by atoms with Crippen LogP contribution in [0.25, 0.3) is 22.0 Å². The van der Waals surface area contributed by atoms with Gasteiger partial charge in [0.15, 0.2) is 0 Å². The number of β-amino-alcohol motifs (C(OH)–C–C–N with tert-alkyl or cyclic N) is 1. The first kappa shape index (κ1) is 15.5. The van der Waals surface area contributed by atoms with Gasteiger partial charge in [0.25, 0.3) is 0 Å². The van der Waals surface area contributed by atoms with E-state index in [1.54, 1.807) is 6.20 Å². The molecule has 1 aromatic carbocycles. The van der Waals surface area contributed by atoms with Gasteiger partial charge in [-0.15, -0.1) is 0 Å². The lowest BCUT2D eigenvalue weighted by Gasteiger charge is -2.43. The fourth-order valence-corrected chi connectivity index (χ4v) is 3.99. The Morgan fingerprint density at radius 3 is 2.88 bits per heavy atom. The Bertz CT molecular complexity index is 1020. The molecule has 2 aromatic heterocycles. The zero-order valence-corrected chi connectivity index (χ0v) is 14.7. The number of aliphatic hydroxyl groups is 1. The summed E-state index contributed by atoms with van der Waals surface area (Å²) in [6, 6.07) is 8.26. The van der Waals surface area contributed by atoms with Gasteiger partial charge in [-0.05, 0) is 43.7 Å². The highest BCUT2D eigenvalue weighted by Crippen LogP contribution is 2.35. The van der Waals surface area contributed by atoms with Crippen molar-refractivity contribution in [2.24, 2.45) is 0 Å². The highest BCUT2D eigenvalue weighted by Gasteiger charge is 2.36. The van der Waals surface area contributed by atoms with Crippen LogP contribution in [0.5, 0.6) is 0 Å². The molecule has 3 N–H and O–H groups in total. The number of aromatic nitrogens is 3. The van der Waals surface area contributed by atoms with Crippen molar-refractivity contribution < 1.29 is 5.11 Å². The van der Waals surface area contributed by atoms with Gasteiger partial charge in [-0.25, -0.2) is 15.0 Å². The first-order valence-electron chi connectivity index (χ1n) is 9.11. The van der Waals surface area contributed by atoms with Crippen LogP contribution in [0.15, 0.2) is 30.5 Å². The zero-order chi connectivity index (χ0) is 17.8. The Morgan fingerprint density at radius 1 is 1.19 bits per heavy atom. The van der Waals surface area contributed by atoms with Crippen molar-refractivity contribution in [1.29, 1.82) is 0 Å². The maximum atomic E-state index is 9.86. The number of hydrogen-bond donors (Lipinski definition) is 2. The van der Waals surface area contributed by atoms with Gasteiger partial charge in [-0.2, -0.15) is 0 Å². The van der Waals surface area contributed by atoms with Gasteiger partial charge < -0.3 is 15.7 Å². The van der Waals surface area contributed by atoms with Crippen LogP contribution in [0.4, 0.5) is 11.8 Å². The molecule has 1 saturated heterocycles. The molecule has 6 heteroatoms. The highest BCUT2D eigenvalue weighted by molar-refractivity contribution is 5.93. The molecule has 3 heterocycles. The van der Waals surface area contributed by atoms with E-state index in [0.29, 0.717) is 12.4 Å². The molecule has 6 nitrogen and oxygen atoms in total. The van der Waals surface area contributed by atoms with E-state index in [9.17, 15) is 5.11 Å². The smallest absolute Gasteiger partial charge is 0.226 e. The summed E-state index contributed by atoms with van der Waals surface area (Å²) in [6.45, 7) is 2.61. The highest BCUT2D eigenvalue weighted by atomic mass is 16.3. The monoisotopic (exact) mass is 347 g/mol. The lowest BCUT2D eigenvalue weighted by molar-refractivity contribution is 0.0979. The Balaban J connectivity index is 1.65. The summed E-state index contributed by atoms with van der Waals surface area (Å²) in [7, 11) is 0. The molecule has 0 bridgehead atoms. The minimum Gasteiger partial charge on any atom is -0.389 e. The molecule has 132 valence electrons. The maximum Gasteiger partial charge on any atom is 0.226 e. The van der Waals surface area contributed by atoms with Crippen LogP contribution in [0, 0.1) is 0 Å². The molecule has 1 aliphatic heterocycles. The number of fused-ring (bicyclic) bond motifs is 2. The molecule has 0 saturated carbocycles. The second-order valence-corrected chi connectivity index (χ2v) is 7.24. The van der Waals surface area contributed by atoms with Gasteiger partial charge in [0.2, 0.25) is 5.95 Å². The normalized spacial score (nSPS) is 21.7. The number of nitrogens with zero attached hydrogens (tertiary/aromatic N) is 4. The lowest BCUT2D eigenvalue weighted by Crippen LogP contribution is -2.59. The van der Waals surface area contributed by atoms with Gasteiger partial charge in [-0.1, -0.05) is 12.1 Å². The Hall–Kier alpha value is -2.73. The molecule has 5 rings (SSSR count). The third-order valence-corrected chi connectivity index (χ3v) is 5.68. The number of aliphatic hydroxyl groups excluding tert-OH is 1. The van der Waals surface area contributed by atoms with Gasteiger partial charge in [0.05, 0.1) is 17.8 Å². The Labute approximate surface area is 151 Å². The van der Waals surface area contributed by atoms with Crippen LogP contribution in [-0.2, 0) is 12.8 Å². The second-order valence-electron chi connectivity index (χ2n) is 7.24. The third-order valence-electron chi connectivity index (χ3n) is 5.68. The number of nitrogens with two attached hydrogens (primary N) is 1. The molecule has 0 radical (unpaired) electrons. The average Bonchev–Trinajstić information content (AvgIpc) is 3.13. The van der Waals surface area contributed by atoms with Gasteiger partial charge in [0, 0.05) is 34.9 Å². The van der Waals surface area contributed by atoms with E-state index in [2.05, 4.69) is 22.0 Å². The molecule has 2 aliphatic rings. The van der Waals surface area contributed by atoms with Crippen molar-refractivity contribution in [1.82, 2.24) is 15.0 Å². The molecule has 3 aromatic rings. The molecular formula is C20H21N5O. The van der Waals surface area contributed by atoms with E-state index < -0.39 is 0 Å². The maximum absolute atomic E-state index is 9.86. The summed E-state index contributed by atoms with van der Waals surface area (Å²) < 4.78 is 0. The van der Waals surface area contributed by atoms with Crippen molar-refractivity contribution in [2.75, 3.05) is 17.2 Å². The number of aryl methyl sites for hydroxylation is 1. The average molecular weight is 347 g/mol. The summed E-state index contributed by atoms with van der Waals surface area (Å²) in [5.74, 6) is 1.28. The van der Waals surface area contributed by atoms with Crippen molar-refractivity contribution in [3.63, 3.8) is 0 Å². The van der Waals surface area contributed by atoms with Crippen LogP contribution in [0.1, 0.15) is 24.6 Å². The van der Waals surface area contributed by atoms with Crippen LogP contribution in [-0.4, -0.2) is 38.7 Å². The minimum absolute atomic E-state index is 0.0600. The minimum atomic E-state index is -0.300. The van der Waals surface area contributed by atoms with Crippen molar-refractivity contribution in [3.05, 3.63) is 41.7 Å². The number of benzene rings is 1. The largest absolute Gasteiger partial charge is 0.389 e.